The van der Waals surface area contributed by atoms with Gasteiger partial charge < -0.3 is 0 Å². The zero-order valence-corrected chi connectivity index (χ0v) is 11.0. The molecule has 7 heteroatoms. The van der Waals surface area contributed by atoms with E-state index in [0.29, 0.717) is 17.3 Å². The Bertz CT molecular complexity index is 570. The normalized spacial score (nSPS) is 10.6. The molecule has 0 spiro atoms. The Morgan fingerprint density at radius 1 is 1.37 bits per heavy atom. The number of non-ortho nitro benzene ring substituents is 1. The maximum atomic E-state index is 10.7. The second-order valence-electron chi connectivity index (χ2n) is 4.03. The molecule has 0 amide bonds. The van der Waals surface area contributed by atoms with Gasteiger partial charge in [0.05, 0.1) is 4.92 Å². The maximum Gasteiger partial charge on any atom is 0.270 e. The summed E-state index contributed by atoms with van der Waals surface area (Å²) in [6, 6.07) is 6.30. The first-order valence-corrected chi connectivity index (χ1v) is 6.44. The Balaban J connectivity index is 2.13. The van der Waals surface area contributed by atoms with Crippen molar-refractivity contribution in [2.24, 2.45) is 0 Å². The van der Waals surface area contributed by atoms with Crippen molar-refractivity contribution < 1.29 is 4.92 Å². The molecule has 1 aromatic heterocycles. The SMILES string of the molecule is O=[N+]([O-])c1cccc(-c2ncn(CCCCCl)n2)c1. The van der Waals surface area contributed by atoms with Crippen LogP contribution in [0.25, 0.3) is 11.4 Å². The highest BCUT2D eigenvalue weighted by Gasteiger charge is 2.10. The van der Waals surface area contributed by atoms with Gasteiger partial charge in [0.1, 0.15) is 6.33 Å². The van der Waals surface area contributed by atoms with E-state index in [0.717, 1.165) is 19.4 Å². The molecule has 2 rings (SSSR count). The van der Waals surface area contributed by atoms with Gasteiger partial charge in [-0.2, -0.15) is 5.10 Å². The highest BCUT2D eigenvalue weighted by atomic mass is 35.5. The second kappa shape index (κ2) is 6.29. The van der Waals surface area contributed by atoms with Crippen LogP contribution in [0.3, 0.4) is 0 Å². The van der Waals surface area contributed by atoms with Crippen LogP contribution in [0.4, 0.5) is 5.69 Å². The summed E-state index contributed by atoms with van der Waals surface area (Å²) in [5.74, 6) is 1.13. The van der Waals surface area contributed by atoms with E-state index < -0.39 is 4.92 Å². The summed E-state index contributed by atoms with van der Waals surface area (Å²) in [5.41, 5.74) is 0.682. The lowest BCUT2D eigenvalue weighted by Crippen LogP contribution is -1.99. The number of nitro groups is 1. The van der Waals surface area contributed by atoms with Gasteiger partial charge in [-0.1, -0.05) is 12.1 Å². The first-order chi connectivity index (χ1) is 9.20. The smallest absolute Gasteiger partial charge is 0.258 e. The van der Waals surface area contributed by atoms with Gasteiger partial charge in [0.2, 0.25) is 0 Å². The Hall–Kier alpha value is -1.95. The predicted octanol–water partition coefficient (Wildman–Crippen LogP) is 2.87. The van der Waals surface area contributed by atoms with Gasteiger partial charge in [-0.15, -0.1) is 11.6 Å². The lowest BCUT2D eigenvalue weighted by atomic mass is 10.2. The van der Waals surface area contributed by atoms with E-state index in [4.69, 9.17) is 11.6 Å². The molecule has 0 aliphatic rings. The number of alkyl halides is 1. The van der Waals surface area contributed by atoms with Crippen LogP contribution in [0.5, 0.6) is 0 Å². The molecule has 100 valence electrons. The largest absolute Gasteiger partial charge is 0.270 e. The number of benzene rings is 1. The van der Waals surface area contributed by atoms with Gasteiger partial charge in [0.25, 0.3) is 5.69 Å². The van der Waals surface area contributed by atoms with Crippen LogP contribution < -0.4 is 0 Å². The molecule has 0 aliphatic carbocycles. The number of halogens is 1. The molecule has 0 fully saturated rings. The number of nitrogens with zero attached hydrogens (tertiary/aromatic N) is 4. The summed E-state index contributed by atoms with van der Waals surface area (Å²) < 4.78 is 1.72. The van der Waals surface area contributed by atoms with Crippen molar-refractivity contribution in [3.8, 4) is 11.4 Å². The van der Waals surface area contributed by atoms with E-state index in [9.17, 15) is 10.1 Å². The minimum absolute atomic E-state index is 0.0380. The number of aryl methyl sites for hydroxylation is 1. The van der Waals surface area contributed by atoms with Crippen molar-refractivity contribution in [3.05, 3.63) is 40.7 Å². The zero-order valence-electron chi connectivity index (χ0n) is 10.2. The quantitative estimate of drug-likeness (QED) is 0.353. The van der Waals surface area contributed by atoms with Crippen molar-refractivity contribution in [2.45, 2.75) is 19.4 Å². The van der Waals surface area contributed by atoms with E-state index in [2.05, 4.69) is 10.1 Å². The summed E-state index contributed by atoms with van der Waals surface area (Å²) in [7, 11) is 0. The fourth-order valence-corrected chi connectivity index (χ4v) is 1.85. The molecule has 0 aliphatic heterocycles. The molecule has 0 unspecified atom stereocenters. The van der Waals surface area contributed by atoms with Crippen molar-refractivity contribution >= 4 is 17.3 Å². The molecule has 0 saturated carbocycles. The van der Waals surface area contributed by atoms with Crippen LogP contribution in [0.15, 0.2) is 30.6 Å². The average Bonchev–Trinajstić information content (AvgIpc) is 2.88. The molecule has 0 radical (unpaired) electrons. The molecular weight excluding hydrogens is 268 g/mol. The van der Waals surface area contributed by atoms with Crippen molar-refractivity contribution in [3.63, 3.8) is 0 Å². The number of hydrogen-bond acceptors (Lipinski definition) is 4. The summed E-state index contributed by atoms with van der Waals surface area (Å²) in [6.07, 6.45) is 3.48. The number of aromatic nitrogens is 3. The van der Waals surface area contributed by atoms with E-state index in [1.165, 1.54) is 12.1 Å². The van der Waals surface area contributed by atoms with Crippen molar-refractivity contribution in [1.82, 2.24) is 14.8 Å². The highest BCUT2D eigenvalue weighted by Crippen LogP contribution is 2.20. The Labute approximate surface area is 115 Å². The lowest BCUT2D eigenvalue weighted by molar-refractivity contribution is -0.384. The fraction of sp³-hybridized carbons (Fsp3) is 0.333. The molecule has 0 saturated heterocycles. The first-order valence-electron chi connectivity index (χ1n) is 5.91. The lowest BCUT2D eigenvalue weighted by Gasteiger charge is -1.98. The standard InChI is InChI=1S/C12H13ClN4O2/c13-6-1-2-7-16-9-14-12(15-16)10-4-3-5-11(8-10)17(18)19/h3-5,8-9H,1-2,6-7H2. The van der Waals surface area contributed by atoms with Gasteiger partial charge in [-0.3, -0.25) is 14.8 Å². The first kappa shape index (κ1) is 13.5. The van der Waals surface area contributed by atoms with Crippen LogP contribution in [-0.4, -0.2) is 25.6 Å². The zero-order chi connectivity index (χ0) is 13.7. The Kier molecular flexibility index (Phi) is 4.46. The van der Waals surface area contributed by atoms with E-state index in [1.807, 2.05) is 0 Å². The Morgan fingerprint density at radius 3 is 2.95 bits per heavy atom. The molecular formula is C12H13ClN4O2. The monoisotopic (exact) mass is 280 g/mol. The number of hydrogen-bond donors (Lipinski definition) is 0. The number of nitro benzene ring substituents is 1. The van der Waals surface area contributed by atoms with Gasteiger partial charge in [-0.25, -0.2) is 4.98 Å². The van der Waals surface area contributed by atoms with Gasteiger partial charge in [0, 0.05) is 30.1 Å². The molecule has 1 aromatic carbocycles. The van der Waals surface area contributed by atoms with E-state index in [-0.39, 0.29) is 5.69 Å². The summed E-state index contributed by atoms with van der Waals surface area (Å²) in [4.78, 5) is 14.4. The average molecular weight is 281 g/mol. The summed E-state index contributed by atoms with van der Waals surface area (Å²) in [5, 5.41) is 15.0. The van der Waals surface area contributed by atoms with Crippen LogP contribution in [0.1, 0.15) is 12.8 Å². The van der Waals surface area contributed by atoms with E-state index in [1.54, 1.807) is 23.1 Å². The fourth-order valence-electron chi connectivity index (χ4n) is 1.66. The van der Waals surface area contributed by atoms with Crippen LogP contribution in [-0.2, 0) is 6.54 Å². The van der Waals surface area contributed by atoms with Gasteiger partial charge >= 0.3 is 0 Å². The predicted molar refractivity (Wildman–Crippen MR) is 72.1 cm³/mol. The molecule has 1 heterocycles. The third-order valence-corrected chi connectivity index (χ3v) is 2.89. The van der Waals surface area contributed by atoms with Gasteiger partial charge in [-0.05, 0) is 12.8 Å². The van der Waals surface area contributed by atoms with Crippen LogP contribution in [0, 0.1) is 10.1 Å². The van der Waals surface area contributed by atoms with Crippen molar-refractivity contribution in [2.75, 3.05) is 5.88 Å². The topological polar surface area (TPSA) is 73.8 Å². The summed E-state index contributed by atoms with van der Waals surface area (Å²) in [6.45, 7) is 0.745. The van der Waals surface area contributed by atoms with Crippen LogP contribution in [0.2, 0.25) is 0 Å². The third kappa shape index (κ3) is 3.51. The molecule has 19 heavy (non-hydrogen) atoms. The molecule has 2 aromatic rings. The second-order valence-corrected chi connectivity index (χ2v) is 4.41. The third-order valence-electron chi connectivity index (χ3n) is 2.62. The highest BCUT2D eigenvalue weighted by molar-refractivity contribution is 6.17. The molecule has 0 bridgehead atoms. The van der Waals surface area contributed by atoms with Crippen LogP contribution >= 0.6 is 11.6 Å². The van der Waals surface area contributed by atoms with Gasteiger partial charge in [0.15, 0.2) is 5.82 Å². The molecule has 0 atom stereocenters. The molecule has 0 N–H and O–H groups in total. The number of rotatable bonds is 6. The Morgan fingerprint density at radius 2 is 2.21 bits per heavy atom. The van der Waals surface area contributed by atoms with Crippen molar-refractivity contribution in [1.29, 1.82) is 0 Å². The minimum atomic E-state index is -0.430. The molecule has 6 nitrogen and oxygen atoms in total. The minimum Gasteiger partial charge on any atom is -0.258 e. The van der Waals surface area contributed by atoms with E-state index >= 15 is 0 Å². The maximum absolute atomic E-state index is 10.7. The summed E-state index contributed by atoms with van der Waals surface area (Å²) >= 11 is 5.61. The number of unbranched alkanes of at least 4 members (excludes halogenated alkanes) is 1.